The van der Waals surface area contributed by atoms with E-state index in [1.165, 1.54) is 18.4 Å². The number of anilines is 2. The first-order valence-corrected chi connectivity index (χ1v) is 16.2. The van der Waals surface area contributed by atoms with Crippen LogP contribution in [0.15, 0.2) is 35.5 Å². The molecule has 3 aliphatic rings. The van der Waals surface area contributed by atoms with E-state index >= 15 is 0 Å². The topological polar surface area (TPSA) is 138 Å². The fourth-order valence-corrected chi connectivity index (χ4v) is 7.13. The van der Waals surface area contributed by atoms with Crippen LogP contribution < -0.4 is 27.0 Å². The summed E-state index contributed by atoms with van der Waals surface area (Å²) in [5.74, 6) is 8.29. The molecule has 43 heavy (non-hydrogen) atoms. The summed E-state index contributed by atoms with van der Waals surface area (Å²) in [6, 6.07) is 8.51. The molecule has 1 atom stereocenters. The largest absolute Gasteiger partial charge is 0.379 e. The lowest BCUT2D eigenvalue weighted by atomic mass is 9.75. The first-order chi connectivity index (χ1) is 20.9. The summed E-state index contributed by atoms with van der Waals surface area (Å²) < 4.78 is 7.71. The summed E-state index contributed by atoms with van der Waals surface area (Å²) in [4.78, 5) is 24.5. The lowest BCUT2D eigenvalue weighted by Crippen LogP contribution is -2.49. The predicted molar refractivity (Wildman–Crippen MR) is 168 cm³/mol. The standard InChI is InChI=1S/C30H42N10O2S/c1-20-5-4-8-39(14-20)15-21-9-23-24(25(10-21)43-3)16-40(29(23)41)27-12-22(11-26(35-27)32-6-7-33-37-31)30(17-42-18-30)13-28-36-34-19-38(28)2/h9-12,19-20,33,37H,4-8,13-18,31H2,1-3H3,(H,32,35)/t20-/m0/s1. The third-order valence-electron chi connectivity index (χ3n) is 8.85. The number of pyridine rings is 1. The zero-order valence-electron chi connectivity index (χ0n) is 25.2. The van der Waals surface area contributed by atoms with Crippen molar-refractivity contribution in [3.05, 3.63) is 58.7 Å². The van der Waals surface area contributed by atoms with Gasteiger partial charge < -0.3 is 14.6 Å². The molecular weight excluding hydrogens is 564 g/mol. The van der Waals surface area contributed by atoms with Gasteiger partial charge in [-0.2, -0.15) is 5.53 Å². The summed E-state index contributed by atoms with van der Waals surface area (Å²) in [5.41, 5.74) is 9.18. The van der Waals surface area contributed by atoms with Gasteiger partial charge in [-0.3, -0.25) is 20.4 Å². The number of likely N-dealkylation sites (tertiary alicyclic amines) is 1. The summed E-state index contributed by atoms with van der Waals surface area (Å²) in [5, 5.41) is 11.8. The van der Waals surface area contributed by atoms with Crippen LogP contribution in [0.2, 0.25) is 0 Å². The maximum atomic E-state index is 14.1. The van der Waals surface area contributed by atoms with Gasteiger partial charge in [-0.1, -0.05) is 6.92 Å². The van der Waals surface area contributed by atoms with Crippen LogP contribution in [0.4, 0.5) is 11.6 Å². The van der Waals surface area contributed by atoms with Crippen LogP contribution >= 0.6 is 11.8 Å². The van der Waals surface area contributed by atoms with Crippen molar-refractivity contribution in [2.75, 3.05) is 55.9 Å². The van der Waals surface area contributed by atoms with Crippen LogP contribution in [0.25, 0.3) is 0 Å². The van der Waals surface area contributed by atoms with E-state index in [1.54, 1.807) is 18.1 Å². The molecule has 230 valence electrons. The number of nitrogens with zero attached hydrogens (tertiary/aromatic N) is 6. The first kappa shape index (κ1) is 30.0. The Labute approximate surface area is 257 Å². The van der Waals surface area contributed by atoms with Gasteiger partial charge in [0.15, 0.2) is 0 Å². The lowest BCUT2D eigenvalue weighted by Gasteiger charge is -2.42. The van der Waals surface area contributed by atoms with Gasteiger partial charge in [-0.05, 0) is 72.5 Å². The van der Waals surface area contributed by atoms with Crippen molar-refractivity contribution in [2.24, 2.45) is 18.8 Å². The second-order valence-corrected chi connectivity index (χ2v) is 13.0. The molecule has 5 heterocycles. The van der Waals surface area contributed by atoms with Gasteiger partial charge in [-0.15, -0.1) is 22.0 Å². The highest BCUT2D eigenvalue weighted by Gasteiger charge is 2.43. The number of nitrogens with one attached hydrogen (secondary N) is 3. The van der Waals surface area contributed by atoms with Crippen LogP contribution in [-0.2, 0) is 36.7 Å². The number of aromatic nitrogens is 4. The molecule has 12 nitrogen and oxygen atoms in total. The van der Waals surface area contributed by atoms with E-state index in [0.29, 0.717) is 56.8 Å². The summed E-state index contributed by atoms with van der Waals surface area (Å²) in [7, 11) is 1.95. The van der Waals surface area contributed by atoms with Gasteiger partial charge in [0.2, 0.25) is 0 Å². The van der Waals surface area contributed by atoms with E-state index in [4.69, 9.17) is 15.6 Å². The maximum Gasteiger partial charge on any atom is 0.260 e. The highest BCUT2D eigenvalue weighted by atomic mass is 32.2. The fourth-order valence-electron chi connectivity index (χ4n) is 6.44. The van der Waals surface area contributed by atoms with E-state index in [0.717, 1.165) is 47.0 Å². The number of benzene rings is 1. The number of piperidine rings is 1. The molecule has 13 heteroatoms. The van der Waals surface area contributed by atoms with Crippen LogP contribution in [0.3, 0.4) is 0 Å². The highest BCUT2D eigenvalue weighted by molar-refractivity contribution is 7.98. The van der Waals surface area contributed by atoms with E-state index in [9.17, 15) is 4.79 Å². The zero-order valence-corrected chi connectivity index (χ0v) is 26.0. The smallest absolute Gasteiger partial charge is 0.260 e. The number of nitrogens with two attached hydrogens (primary N) is 1. The Hall–Kier alpha value is -3.07. The maximum absolute atomic E-state index is 14.1. The minimum absolute atomic E-state index is 0.00373. The second-order valence-electron chi connectivity index (χ2n) is 12.1. The Bertz CT molecular complexity index is 1460. The quantitative estimate of drug-likeness (QED) is 0.104. The molecule has 5 N–H and O–H groups in total. The normalized spacial score (nSPS) is 19.9. The monoisotopic (exact) mass is 606 g/mol. The zero-order chi connectivity index (χ0) is 30.0. The molecule has 0 spiro atoms. The molecule has 0 saturated carbocycles. The number of ether oxygens (including phenoxy) is 1. The van der Waals surface area contributed by atoms with Crippen LogP contribution in [0, 0.1) is 5.92 Å². The minimum Gasteiger partial charge on any atom is -0.379 e. The van der Waals surface area contributed by atoms with Crippen molar-refractivity contribution >= 4 is 29.3 Å². The Balaban J connectivity index is 1.31. The van der Waals surface area contributed by atoms with E-state index in [-0.39, 0.29) is 11.3 Å². The Morgan fingerprint density at radius 2 is 2.07 bits per heavy atom. The van der Waals surface area contributed by atoms with Gasteiger partial charge in [-0.25, -0.2) is 10.4 Å². The van der Waals surface area contributed by atoms with E-state index in [2.05, 4.69) is 68.8 Å². The molecule has 1 amide bonds. The average molecular weight is 607 g/mol. The number of hydrogen-bond acceptors (Lipinski definition) is 11. The third kappa shape index (κ3) is 6.28. The van der Waals surface area contributed by atoms with E-state index < -0.39 is 0 Å². The third-order valence-corrected chi connectivity index (χ3v) is 9.65. The number of hydrazine groups is 2. The van der Waals surface area contributed by atoms with Crippen molar-refractivity contribution in [1.82, 2.24) is 35.6 Å². The fraction of sp³-hybridized carbons (Fsp3) is 0.533. The van der Waals surface area contributed by atoms with E-state index in [1.807, 2.05) is 16.5 Å². The van der Waals surface area contributed by atoms with Crippen molar-refractivity contribution in [2.45, 2.75) is 49.6 Å². The van der Waals surface area contributed by atoms with Crippen molar-refractivity contribution in [3.63, 3.8) is 0 Å². The molecular formula is C30H42N10O2S. The number of aryl methyl sites for hydroxylation is 1. The molecule has 3 aromatic rings. The van der Waals surface area contributed by atoms with Crippen molar-refractivity contribution in [1.29, 1.82) is 0 Å². The highest BCUT2D eigenvalue weighted by Crippen LogP contribution is 2.40. The van der Waals surface area contributed by atoms with Gasteiger partial charge in [0.1, 0.15) is 23.8 Å². The molecule has 0 radical (unpaired) electrons. The molecule has 1 aromatic carbocycles. The van der Waals surface area contributed by atoms with Gasteiger partial charge >= 0.3 is 0 Å². The number of carbonyl (C=O) groups excluding carboxylic acids is 1. The molecule has 2 aromatic heterocycles. The number of fused-ring (bicyclic) bond motifs is 1. The van der Waals surface area contributed by atoms with Gasteiger partial charge in [0.05, 0.1) is 19.8 Å². The SMILES string of the molecule is CSc1cc(CN2CCC[C@H](C)C2)cc2c1CN(c1cc(C3(Cc4nncn4C)COC3)cc(NCCNNN)n1)C2=O. The Morgan fingerprint density at radius 1 is 1.21 bits per heavy atom. The number of amides is 1. The molecule has 0 aliphatic carbocycles. The molecule has 2 fully saturated rings. The summed E-state index contributed by atoms with van der Waals surface area (Å²) in [6.07, 6.45) is 7.01. The van der Waals surface area contributed by atoms with Gasteiger partial charge in [0.25, 0.3) is 5.91 Å². The van der Waals surface area contributed by atoms with Crippen LogP contribution in [0.1, 0.15) is 52.6 Å². The minimum atomic E-state index is -0.287. The first-order valence-electron chi connectivity index (χ1n) is 15.0. The number of rotatable bonds is 12. The van der Waals surface area contributed by atoms with Gasteiger partial charge in [0, 0.05) is 55.5 Å². The van der Waals surface area contributed by atoms with Crippen LogP contribution in [-0.4, -0.2) is 76.2 Å². The van der Waals surface area contributed by atoms with Crippen molar-refractivity contribution in [3.8, 4) is 0 Å². The summed E-state index contributed by atoms with van der Waals surface area (Å²) >= 11 is 1.71. The number of hydrogen-bond donors (Lipinski definition) is 4. The molecule has 0 bridgehead atoms. The molecule has 3 aliphatic heterocycles. The number of thioether (sulfide) groups is 1. The Morgan fingerprint density at radius 3 is 2.77 bits per heavy atom. The molecule has 0 unspecified atom stereocenters. The number of carbonyl (C=O) groups is 1. The molecule has 6 rings (SSSR count). The Kier molecular flexibility index (Phi) is 8.98. The average Bonchev–Trinajstić information content (AvgIpc) is 3.54. The van der Waals surface area contributed by atoms with Crippen molar-refractivity contribution < 1.29 is 9.53 Å². The predicted octanol–water partition coefficient (Wildman–Crippen LogP) is 2.21. The van der Waals surface area contributed by atoms with Crippen LogP contribution in [0.5, 0.6) is 0 Å². The molecule has 2 saturated heterocycles. The second kappa shape index (κ2) is 12.9. The summed E-state index contributed by atoms with van der Waals surface area (Å²) in [6.45, 7) is 8.21. The lowest BCUT2D eigenvalue weighted by molar-refractivity contribution is -0.0611.